The fraction of sp³-hybridized carbons (Fsp3) is 0.536. The highest BCUT2D eigenvalue weighted by Gasteiger charge is 2.39. The zero-order valence-corrected chi connectivity index (χ0v) is 24.9. The van der Waals surface area contributed by atoms with Crippen molar-refractivity contribution in [2.75, 3.05) is 53.0 Å². The average Bonchev–Trinajstić information content (AvgIpc) is 3.39. The topological polar surface area (TPSA) is 56.2 Å². The van der Waals surface area contributed by atoms with Crippen LogP contribution in [0, 0.1) is 5.82 Å². The van der Waals surface area contributed by atoms with Crippen molar-refractivity contribution in [3.8, 4) is 5.75 Å². The van der Waals surface area contributed by atoms with Crippen LogP contribution in [-0.4, -0.2) is 90.8 Å². The summed E-state index contributed by atoms with van der Waals surface area (Å²) in [4.78, 5) is 19.1. The second-order valence-electron chi connectivity index (χ2n) is 10.4. The van der Waals surface area contributed by atoms with Gasteiger partial charge in [-0.05, 0) is 61.7 Å². The van der Waals surface area contributed by atoms with E-state index in [1.165, 1.54) is 30.2 Å². The third-order valence-electron chi connectivity index (χ3n) is 7.76. The maximum atomic E-state index is 14.0. The Balaban J connectivity index is 0.00000323. The highest BCUT2D eigenvalue weighted by Crippen LogP contribution is 2.37. The number of piperazine rings is 1. The third-order valence-corrected chi connectivity index (χ3v) is 7.76. The van der Waals surface area contributed by atoms with Crippen molar-refractivity contribution in [3.05, 3.63) is 64.5 Å². The van der Waals surface area contributed by atoms with E-state index in [0.29, 0.717) is 43.9 Å². The Labute approximate surface area is 257 Å². The Hall–Kier alpha value is -2.32. The molecule has 4 rings (SSSR count). The molecule has 0 radical (unpaired) electrons. The largest absolute Gasteiger partial charge is 0.494 e. The number of halogens is 9. The Morgan fingerprint density at radius 3 is 2.16 bits per heavy atom. The van der Waals surface area contributed by atoms with Crippen molar-refractivity contribution in [1.82, 2.24) is 14.7 Å². The van der Waals surface area contributed by atoms with Crippen molar-refractivity contribution in [2.45, 2.75) is 43.7 Å². The van der Waals surface area contributed by atoms with Gasteiger partial charge in [0.2, 0.25) is 0 Å². The highest BCUT2D eigenvalue weighted by molar-refractivity contribution is 5.95. The van der Waals surface area contributed by atoms with E-state index in [4.69, 9.17) is 4.74 Å². The lowest BCUT2D eigenvalue weighted by Crippen LogP contribution is -2.57. The van der Waals surface area contributed by atoms with Gasteiger partial charge in [-0.25, -0.2) is 4.39 Å². The fourth-order valence-electron chi connectivity index (χ4n) is 5.58. The minimum atomic E-state index is -5.08. The first-order chi connectivity index (χ1) is 19.3. The molecule has 2 aliphatic rings. The number of aliphatic hydroxyl groups excluding tert-OH is 1. The molecule has 2 aromatic rings. The number of methoxy groups -OCH3 is 1. The molecule has 1 N–H and O–H groups in total. The van der Waals surface area contributed by atoms with Crippen molar-refractivity contribution >= 4 is 30.7 Å². The maximum absolute atomic E-state index is 14.0. The number of likely N-dealkylation sites (tertiary alicyclic amines) is 1. The van der Waals surface area contributed by atoms with Crippen molar-refractivity contribution in [2.24, 2.45) is 0 Å². The number of rotatable bonds is 8. The molecule has 0 saturated carbocycles. The second kappa shape index (κ2) is 15.1. The van der Waals surface area contributed by atoms with E-state index in [0.717, 1.165) is 19.4 Å². The van der Waals surface area contributed by atoms with E-state index in [2.05, 4.69) is 9.80 Å². The van der Waals surface area contributed by atoms with Crippen molar-refractivity contribution < 1.29 is 45.4 Å². The molecule has 43 heavy (non-hydrogen) atoms. The summed E-state index contributed by atoms with van der Waals surface area (Å²) < 4.78 is 99.8. The van der Waals surface area contributed by atoms with E-state index < -0.39 is 46.8 Å². The number of alkyl halides is 6. The van der Waals surface area contributed by atoms with E-state index in [1.807, 2.05) is 0 Å². The van der Waals surface area contributed by atoms with Crippen LogP contribution in [0.5, 0.6) is 5.75 Å². The third kappa shape index (κ3) is 9.10. The van der Waals surface area contributed by atoms with E-state index in [9.17, 15) is 40.6 Å². The predicted molar refractivity (Wildman–Crippen MR) is 151 cm³/mol. The number of benzene rings is 2. The molecule has 2 aliphatic heterocycles. The van der Waals surface area contributed by atoms with Crippen LogP contribution in [0.25, 0.3) is 0 Å². The summed E-state index contributed by atoms with van der Waals surface area (Å²) in [6, 6.07) is 4.50. The lowest BCUT2D eigenvalue weighted by Gasteiger charge is -2.42. The van der Waals surface area contributed by atoms with Gasteiger partial charge in [-0.2, -0.15) is 26.3 Å². The Bertz CT molecular complexity index is 1200. The Morgan fingerprint density at radius 2 is 1.58 bits per heavy atom. The summed E-state index contributed by atoms with van der Waals surface area (Å²) in [6.45, 7) is 2.89. The van der Waals surface area contributed by atoms with E-state index in [1.54, 1.807) is 0 Å². The van der Waals surface area contributed by atoms with Crippen LogP contribution >= 0.6 is 24.8 Å². The number of carbonyl (C=O) groups excluding carboxylic acids is 1. The van der Waals surface area contributed by atoms with Gasteiger partial charge >= 0.3 is 12.4 Å². The maximum Gasteiger partial charge on any atom is 0.416 e. The lowest BCUT2D eigenvalue weighted by molar-refractivity contribution is -0.143. The number of ether oxygens (including phenoxy) is 1. The van der Waals surface area contributed by atoms with Crippen LogP contribution in [0.15, 0.2) is 36.4 Å². The summed E-state index contributed by atoms with van der Waals surface area (Å²) in [7, 11) is 1.30. The molecule has 2 atom stereocenters. The quantitative estimate of drug-likeness (QED) is 0.376. The highest BCUT2D eigenvalue weighted by atomic mass is 35.5. The van der Waals surface area contributed by atoms with Gasteiger partial charge in [0.05, 0.1) is 24.8 Å². The molecular weight excluding hydrogens is 630 g/mol. The molecule has 2 heterocycles. The van der Waals surface area contributed by atoms with Crippen LogP contribution in [0.3, 0.4) is 0 Å². The zero-order chi connectivity index (χ0) is 29.9. The first-order valence-corrected chi connectivity index (χ1v) is 13.3. The number of carbonyl (C=O) groups is 1. The summed E-state index contributed by atoms with van der Waals surface area (Å²) in [5, 5.41) is 9.61. The molecule has 0 bridgehead atoms. The molecule has 2 fully saturated rings. The van der Waals surface area contributed by atoms with Gasteiger partial charge in [-0.3, -0.25) is 14.6 Å². The normalized spacial score (nSPS) is 20.0. The molecule has 15 heteroatoms. The number of amides is 1. The molecule has 0 spiro atoms. The van der Waals surface area contributed by atoms with E-state index >= 15 is 0 Å². The first-order valence-electron chi connectivity index (χ1n) is 13.3. The fourth-order valence-corrected chi connectivity index (χ4v) is 5.58. The molecule has 0 aliphatic carbocycles. The molecule has 2 saturated heterocycles. The number of nitrogens with zero attached hydrogens (tertiary/aromatic N) is 3. The number of hydrogen-bond donors (Lipinski definition) is 1. The van der Waals surface area contributed by atoms with Gasteiger partial charge in [-0.1, -0.05) is 6.07 Å². The number of aliphatic hydroxyl groups is 1. The molecule has 0 aromatic heterocycles. The predicted octanol–water partition coefficient (Wildman–Crippen LogP) is 5.54. The van der Waals surface area contributed by atoms with Crippen LogP contribution in [0.2, 0.25) is 0 Å². The Kier molecular flexibility index (Phi) is 13.0. The zero-order valence-electron chi connectivity index (χ0n) is 23.3. The molecular formula is C28H34Cl2F7N3O3. The van der Waals surface area contributed by atoms with Gasteiger partial charge in [-0.15, -0.1) is 24.8 Å². The first kappa shape index (κ1) is 36.9. The lowest BCUT2D eigenvalue weighted by atomic mass is 9.99. The molecule has 242 valence electrons. The second-order valence-corrected chi connectivity index (χ2v) is 10.4. The summed E-state index contributed by atoms with van der Waals surface area (Å²) >= 11 is 0. The molecule has 2 aromatic carbocycles. The summed E-state index contributed by atoms with van der Waals surface area (Å²) in [5.74, 6) is -1.56. The van der Waals surface area contributed by atoms with Gasteiger partial charge in [0.1, 0.15) is 0 Å². The van der Waals surface area contributed by atoms with Crippen molar-refractivity contribution in [1.29, 1.82) is 0 Å². The number of hydrogen-bond acceptors (Lipinski definition) is 5. The molecule has 6 nitrogen and oxygen atoms in total. The smallest absolute Gasteiger partial charge is 0.416 e. The average molecular weight is 664 g/mol. The van der Waals surface area contributed by atoms with Crippen LogP contribution in [0.1, 0.15) is 39.9 Å². The standard InChI is InChI=1S/C28H32F7N3O3.2ClH/c1-41-25-12-18(4-5-24(25)29)11-23-16-36(7-9-37-6-2-3-22(37)17-39)8-10-38(23)26(40)19-13-20(27(30,31)32)15-21(14-19)28(33,34)35;;/h4-5,12-15,22-23,39H,2-3,6-11,16-17H2,1H3;2*1H/t22-,23+;;/m0../s1. The van der Waals surface area contributed by atoms with Gasteiger partial charge < -0.3 is 14.7 Å². The summed E-state index contributed by atoms with van der Waals surface area (Å²) in [6.07, 6.45) is -8.13. The minimum Gasteiger partial charge on any atom is -0.494 e. The van der Waals surface area contributed by atoms with Gasteiger partial charge in [0, 0.05) is 50.4 Å². The minimum absolute atomic E-state index is 0. The van der Waals surface area contributed by atoms with Crippen molar-refractivity contribution in [3.63, 3.8) is 0 Å². The Morgan fingerprint density at radius 1 is 0.930 bits per heavy atom. The monoisotopic (exact) mass is 663 g/mol. The molecule has 0 unspecified atom stereocenters. The van der Waals surface area contributed by atoms with Gasteiger partial charge in [0.25, 0.3) is 5.91 Å². The van der Waals surface area contributed by atoms with Crippen LogP contribution < -0.4 is 4.74 Å². The summed E-state index contributed by atoms with van der Waals surface area (Å²) in [5.41, 5.74) is -3.23. The SMILES string of the molecule is COc1cc(C[C@@H]2CN(CCN3CCC[C@H]3CO)CCN2C(=O)c2cc(C(F)(F)F)cc(C(F)(F)F)c2)ccc1F.Cl.Cl. The van der Waals surface area contributed by atoms with E-state index in [-0.39, 0.29) is 62.2 Å². The van der Waals surface area contributed by atoms with Crippen LogP contribution in [-0.2, 0) is 18.8 Å². The van der Waals surface area contributed by atoms with Crippen LogP contribution in [0.4, 0.5) is 30.7 Å². The van der Waals surface area contributed by atoms with Gasteiger partial charge in [0.15, 0.2) is 11.6 Å². The molecule has 1 amide bonds.